The van der Waals surface area contributed by atoms with E-state index in [1.54, 1.807) is 6.07 Å². The number of carbonyl (C=O) groups is 1. The maximum atomic E-state index is 12.9. The van der Waals surface area contributed by atoms with Crippen molar-refractivity contribution in [1.82, 2.24) is 10.2 Å². The van der Waals surface area contributed by atoms with Crippen LogP contribution in [-0.2, 0) is 0 Å². The van der Waals surface area contributed by atoms with E-state index in [2.05, 4.69) is 24.1 Å². The zero-order chi connectivity index (χ0) is 12.7. The van der Waals surface area contributed by atoms with Crippen molar-refractivity contribution >= 4 is 5.91 Å². The standard InChI is InChI=1S/C13H19FN2O/c1-3-16(4-2)9-8-15-13(17)11-6-5-7-12(14)10-11/h5-7,10H,3-4,8-9H2,1-2H3,(H,15,17). The number of halogens is 1. The quantitative estimate of drug-likeness (QED) is 0.821. The molecule has 3 nitrogen and oxygen atoms in total. The minimum atomic E-state index is -0.388. The van der Waals surface area contributed by atoms with Crippen LogP contribution in [0.3, 0.4) is 0 Å². The summed E-state index contributed by atoms with van der Waals surface area (Å²) in [6.45, 7) is 7.49. The molecule has 0 aliphatic rings. The Morgan fingerprint density at radius 3 is 2.65 bits per heavy atom. The largest absolute Gasteiger partial charge is 0.351 e. The van der Waals surface area contributed by atoms with Crippen molar-refractivity contribution in [3.63, 3.8) is 0 Å². The molecule has 1 aromatic carbocycles. The van der Waals surface area contributed by atoms with Gasteiger partial charge in [0.1, 0.15) is 5.82 Å². The highest BCUT2D eigenvalue weighted by molar-refractivity contribution is 5.94. The molecule has 0 radical (unpaired) electrons. The van der Waals surface area contributed by atoms with Crippen LogP contribution < -0.4 is 5.32 Å². The number of benzene rings is 1. The fourth-order valence-electron chi connectivity index (χ4n) is 1.60. The second kappa shape index (κ2) is 7.01. The lowest BCUT2D eigenvalue weighted by Gasteiger charge is -2.17. The molecule has 0 aromatic heterocycles. The number of carbonyl (C=O) groups excluding carboxylic acids is 1. The molecule has 17 heavy (non-hydrogen) atoms. The van der Waals surface area contributed by atoms with Crippen molar-refractivity contribution in [2.75, 3.05) is 26.2 Å². The van der Waals surface area contributed by atoms with Crippen LogP contribution in [0.1, 0.15) is 24.2 Å². The smallest absolute Gasteiger partial charge is 0.251 e. The second-order valence-electron chi connectivity index (χ2n) is 3.79. The highest BCUT2D eigenvalue weighted by atomic mass is 19.1. The fourth-order valence-corrected chi connectivity index (χ4v) is 1.60. The molecule has 0 bridgehead atoms. The Bertz CT molecular complexity index is 364. The van der Waals surface area contributed by atoms with Crippen molar-refractivity contribution in [2.24, 2.45) is 0 Å². The molecule has 0 aliphatic carbocycles. The second-order valence-corrected chi connectivity index (χ2v) is 3.79. The third-order valence-corrected chi connectivity index (χ3v) is 2.69. The normalized spacial score (nSPS) is 10.6. The van der Waals surface area contributed by atoms with E-state index in [-0.39, 0.29) is 11.7 Å². The number of nitrogens with one attached hydrogen (secondary N) is 1. The van der Waals surface area contributed by atoms with Crippen LogP contribution in [-0.4, -0.2) is 37.0 Å². The maximum absolute atomic E-state index is 12.9. The first-order chi connectivity index (χ1) is 8.17. The predicted molar refractivity (Wildman–Crippen MR) is 66.5 cm³/mol. The van der Waals surface area contributed by atoms with Gasteiger partial charge in [-0.05, 0) is 31.3 Å². The van der Waals surface area contributed by atoms with Gasteiger partial charge in [0.15, 0.2) is 0 Å². The molecule has 4 heteroatoms. The Morgan fingerprint density at radius 1 is 1.35 bits per heavy atom. The van der Waals surface area contributed by atoms with Crippen molar-refractivity contribution in [2.45, 2.75) is 13.8 Å². The van der Waals surface area contributed by atoms with E-state index in [4.69, 9.17) is 0 Å². The summed E-state index contributed by atoms with van der Waals surface area (Å²) in [7, 11) is 0. The molecule has 94 valence electrons. The molecular weight excluding hydrogens is 219 g/mol. The Morgan fingerprint density at radius 2 is 2.06 bits per heavy atom. The first kappa shape index (κ1) is 13.6. The molecule has 0 unspecified atom stereocenters. The van der Waals surface area contributed by atoms with Crippen LogP contribution in [0.4, 0.5) is 4.39 Å². The van der Waals surface area contributed by atoms with Gasteiger partial charge in [-0.3, -0.25) is 4.79 Å². The van der Waals surface area contributed by atoms with Crippen LogP contribution in [0.2, 0.25) is 0 Å². The number of nitrogens with zero attached hydrogens (tertiary/aromatic N) is 1. The molecular formula is C13H19FN2O. The summed E-state index contributed by atoms with van der Waals surface area (Å²) in [4.78, 5) is 13.9. The molecule has 1 amide bonds. The van der Waals surface area contributed by atoms with Crippen LogP contribution >= 0.6 is 0 Å². The van der Waals surface area contributed by atoms with Crippen molar-refractivity contribution in [1.29, 1.82) is 0 Å². The number of hydrogen-bond donors (Lipinski definition) is 1. The molecule has 0 atom stereocenters. The summed E-state index contributed by atoms with van der Waals surface area (Å²) in [6, 6.07) is 5.71. The molecule has 0 saturated carbocycles. The van der Waals surface area contributed by atoms with Crippen LogP contribution in [0.5, 0.6) is 0 Å². The van der Waals surface area contributed by atoms with Gasteiger partial charge >= 0.3 is 0 Å². The van der Waals surface area contributed by atoms with Gasteiger partial charge in [0.2, 0.25) is 0 Å². The first-order valence-electron chi connectivity index (χ1n) is 5.93. The zero-order valence-corrected chi connectivity index (χ0v) is 10.4. The highest BCUT2D eigenvalue weighted by Gasteiger charge is 2.06. The third-order valence-electron chi connectivity index (χ3n) is 2.69. The van der Waals surface area contributed by atoms with E-state index >= 15 is 0 Å². The Balaban J connectivity index is 2.40. The van der Waals surface area contributed by atoms with E-state index in [1.807, 2.05) is 0 Å². The summed E-state index contributed by atoms with van der Waals surface area (Å²) in [5.41, 5.74) is 0.365. The summed E-state index contributed by atoms with van der Waals surface area (Å²) >= 11 is 0. The molecule has 0 saturated heterocycles. The number of likely N-dealkylation sites (N-methyl/N-ethyl adjacent to an activating group) is 1. The minimum absolute atomic E-state index is 0.225. The van der Waals surface area contributed by atoms with Gasteiger partial charge in [0, 0.05) is 18.7 Å². The maximum Gasteiger partial charge on any atom is 0.251 e. The summed E-state index contributed by atoms with van der Waals surface area (Å²) in [5.74, 6) is -0.613. The van der Waals surface area contributed by atoms with Gasteiger partial charge in [-0.1, -0.05) is 19.9 Å². The van der Waals surface area contributed by atoms with Crippen molar-refractivity contribution < 1.29 is 9.18 Å². The first-order valence-corrected chi connectivity index (χ1v) is 5.93. The molecule has 0 heterocycles. The average Bonchev–Trinajstić information content (AvgIpc) is 2.34. The van der Waals surface area contributed by atoms with Crippen LogP contribution in [0.25, 0.3) is 0 Å². The van der Waals surface area contributed by atoms with Crippen LogP contribution in [0, 0.1) is 5.82 Å². The molecule has 1 N–H and O–H groups in total. The zero-order valence-electron chi connectivity index (χ0n) is 10.4. The number of amides is 1. The number of hydrogen-bond acceptors (Lipinski definition) is 2. The lowest BCUT2D eigenvalue weighted by Crippen LogP contribution is -2.34. The van der Waals surface area contributed by atoms with E-state index in [0.29, 0.717) is 12.1 Å². The van der Waals surface area contributed by atoms with Gasteiger partial charge in [0.05, 0.1) is 0 Å². The molecule has 0 aliphatic heterocycles. The molecule has 0 fully saturated rings. The molecule has 1 rings (SSSR count). The van der Waals surface area contributed by atoms with Gasteiger partial charge in [0.25, 0.3) is 5.91 Å². The lowest BCUT2D eigenvalue weighted by atomic mass is 10.2. The topological polar surface area (TPSA) is 32.3 Å². The van der Waals surface area contributed by atoms with E-state index < -0.39 is 0 Å². The SMILES string of the molecule is CCN(CC)CCNC(=O)c1cccc(F)c1. The van der Waals surface area contributed by atoms with Crippen molar-refractivity contribution in [3.8, 4) is 0 Å². The Kier molecular flexibility index (Phi) is 5.63. The van der Waals surface area contributed by atoms with Crippen LogP contribution in [0.15, 0.2) is 24.3 Å². The third kappa shape index (κ3) is 4.53. The monoisotopic (exact) mass is 238 g/mol. The summed E-state index contributed by atoms with van der Waals surface area (Å²) in [5, 5.41) is 2.78. The summed E-state index contributed by atoms with van der Waals surface area (Å²) in [6.07, 6.45) is 0. The minimum Gasteiger partial charge on any atom is -0.351 e. The van der Waals surface area contributed by atoms with Crippen molar-refractivity contribution in [3.05, 3.63) is 35.6 Å². The molecule has 0 spiro atoms. The van der Waals surface area contributed by atoms with E-state index in [9.17, 15) is 9.18 Å². The number of rotatable bonds is 6. The van der Waals surface area contributed by atoms with E-state index in [1.165, 1.54) is 18.2 Å². The van der Waals surface area contributed by atoms with Gasteiger partial charge in [-0.25, -0.2) is 4.39 Å². The lowest BCUT2D eigenvalue weighted by molar-refractivity contribution is 0.0948. The molecule has 1 aromatic rings. The average molecular weight is 238 g/mol. The highest BCUT2D eigenvalue weighted by Crippen LogP contribution is 2.02. The predicted octanol–water partition coefficient (Wildman–Crippen LogP) is 1.90. The van der Waals surface area contributed by atoms with Gasteiger partial charge in [-0.2, -0.15) is 0 Å². The summed E-state index contributed by atoms with van der Waals surface area (Å²) < 4.78 is 12.9. The van der Waals surface area contributed by atoms with Gasteiger partial charge < -0.3 is 10.2 Å². The fraction of sp³-hybridized carbons (Fsp3) is 0.462. The van der Waals surface area contributed by atoms with E-state index in [0.717, 1.165) is 19.6 Å². The Hall–Kier alpha value is -1.42. The Labute approximate surface area is 102 Å². The van der Waals surface area contributed by atoms with Gasteiger partial charge in [-0.15, -0.1) is 0 Å².